The quantitative estimate of drug-likeness (QED) is 0.642. The summed E-state index contributed by atoms with van der Waals surface area (Å²) < 4.78 is 0.812. The molecule has 0 atom stereocenters. The third-order valence-corrected chi connectivity index (χ3v) is 4.46. The molecule has 0 bridgehead atoms. The van der Waals surface area contributed by atoms with E-state index in [4.69, 9.17) is 0 Å². The van der Waals surface area contributed by atoms with Crippen molar-refractivity contribution in [3.05, 3.63) is 45.2 Å². The van der Waals surface area contributed by atoms with E-state index in [1.165, 1.54) is 6.33 Å². The van der Waals surface area contributed by atoms with Crippen molar-refractivity contribution in [1.82, 2.24) is 9.97 Å². The highest BCUT2D eigenvalue weighted by Crippen LogP contribution is 2.35. The minimum Gasteiger partial charge on any atom is -0.351 e. The van der Waals surface area contributed by atoms with Gasteiger partial charge in [-0.2, -0.15) is 0 Å². The van der Waals surface area contributed by atoms with Crippen LogP contribution < -0.4 is 10.2 Å². The summed E-state index contributed by atoms with van der Waals surface area (Å²) in [7, 11) is 0. The standard InChI is InChI=1S/C15H16BrN5O2/c16-11-6-2-3-7-12(11)19-14-13(21(22)23)15(18-10-17-14)20-8-4-1-5-9-20/h2-3,6-7,10H,1,4-5,8-9H2,(H,17,18,19). The highest BCUT2D eigenvalue weighted by Gasteiger charge is 2.28. The van der Waals surface area contributed by atoms with Gasteiger partial charge in [0.05, 0.1) is 10.6 Å². The van der Waals surface area contributed by atoms with Crippen molar-refractivity contribution >= 4 is 38.9 Å². The Morgan fingerprint density at radius 1 is 1.17 bits per heavy atom. The number of piperidine rings is 1. The predicted octanol–water partition coefficient (Wildman–Crippen LogP) is 3.88. The fourth-order valence-electron chi connectivity index (χ4n) is 2.66. The zero-order chi connectivity index (χ0) is 16.2. The summed E-state index contributed by atoms with van der Waals surface area (Å²) in [4.78, 5) is 21.4. The van der Waals surface area contributed by atoms with Gasteiger partial charge in [0.15, 0.2) is 0 Å². The average molecular weight is 378 g/mol. The lowest BCUT2D eigenvalue weighted by molar-refractivity contribution is -0.383. The summed E-state index contributed by atoms with van der Waals surface area (Å²) >= 11 is 3.42. The molecule has 2 heterocycles. The van der Waals surface area contributed by atoms with Gasteiger partial charge in [0.1, 0.15) is 6.33 Å². The number of halogens is 1. The van der Waals surface area contributed by atoms with Crippen molar-refractivity contribution in [3.63, 3.8) is 0 Å². The molecule has 0 saturated carbocycles. The Morgan fingerprint density at radius 2 is 1.91 bits per heavy atom. The van der Waals surface area contributed by atoms with Gasteiger partial charge in [0, 0.05) is 17.6 Å². The Morgan fingerprint density at radius 3 is 2.61 bits per heavy atom. The molecule has 120 valence electrons. The van der Waals surface area contributed by atoms with Crippen molar-refractivity contribution in [2.45, 2.75) is 19.3 Å². The maximum atomic E-state index is 11.6. The zero-order valence-electron chi connectivity index (χ0n) is 12.4. The number of hydrogen-bond acceptors (Lipinski definition) is 6. The second-order valence-corrected chi connectivity index (χ2v) is 6.16. The monoisotopic (exact) mass is 377 g/mol. The van der Waals surface area contributed by atoms with Gasteiger partial charge in [-0.15, -0.1) is 0 Å². The molecule has 0 aliphatic carbocycles. The first-order chi connectivity index (χ1) is 11.2. The predicted molar refractivity (Wildman–Crippen MR) is 92.2 cm³/mol. The van der Waals surface area contributed by atoms with Gasteiger partial charge in [-0.1, -0.05) is 12.1 Å². The van der Waals surface area contributed by atoms with E-state index in [2.05, 4.69) is 31.2 Å². The molecular weight excluding hydrogens is 362 g/mol. The Kier molecular flexibility index (Phi) is 4.71. The average Bonchev–Trinajstić information content (AvgIpc) is 2.57. The van der Waals surface area contributed by atoms with Gasteiger partial charge in [-0.3, -0.25) is 10.1 Å². The van der Waals surface area contributed by atoms with Crippen molar-refractivity contribution in [2.24, 2.45) is 0 Å². The van der Waals surface area contributed by atoms with Crippen LogP contribution in [0.2, 0.25) is 0 Å². The zero-order valence-corrected chi connectivity index (χ0v) is 14.0. The second kappa shape index (κ2) is 6.91. The minimum absolute atomic E-state index is 0.0786. The molecule has 1 aromatic heterocycles. The van der Waals surface area contributed by atoms with Gasteiger partial charge in [-0.05, 0) is 47.3 Å². The third kappa shape index (κ3) is 3.42. The van der Waals surface area contributed by atoms with Crippen LogP contribution in [0.1, 0.15) is 19.3 Å². The molecule has 0 amide bonds. The first-order valence-corrected chi connectivity index (χ1v) is 8.22. The van der Waals surface area contributed by atoms with Crippen LogP contribution in [0.15, 0.2) is 35.1 Å². The first kappa shape index (κ1) is 15.7. The fraction of sp³-hybridized carbons (Fsp3) is 0.333. The molecular formula is C15H16BrN5O2. The molecule has 1 aliphatic heterocycles. The van der Waals surface area contributed by atoms with Crippen LogP contribution in [0.25, 0.3) is 0 Å². The molecule has 7 nitrogen and oxygen atoms in total. The first-order valence-electron chi connectivity index (χ1n) is 7.42. The molecule has 1 aliphatic rings. The van der Waals surface area contributed by atoms with E-state index in [1.807, 2.05) is 29.2 Å². The number of aromatic nitrogens is 2. The van der Waals surface area contributed by atoms with Crippen molar-refractivity contribution in [3.8, 4) is 0 Å². The van der Waals surface area contributed by atoms with Crippen LogP contribution in [0.4, 0.5) is 23.0 Å². The Bertz CT molecular complexity index is 719. The molecule has 1 N–H and O–H groups in total. The summed E-state index contributed by atoms with van der Waals surface area (Å²) in [5.41, 5.74) is 0.643. The van der Waals surface area contributed by atoms with Crippen LogP contribution in [0.5, 0.6) is 0 Å². The van der Waals surface area contributed by atoms with Crippen LogP contribution in [-0.2, 0) is 0 Å². The van der Waals surface area contributed by atoms with E-state index in [1.54, 1.807) is 0 Å². The van der Waals surface area contributed by atoms with E-state index >= 15 is 0 Å². The molecule has 0 spiro atoms. The molecule has 2 aromatic rings. The Labute approximate surface area is 142 Å². The second-order valence-electron chi connectivity index (χ2n) is 5.30. The van der Waals surface area contributed by atoms with Crippen molar-refractivity contribution in [2.75, 3.05) is 23.3 Å². The number of benzene rings is 1. The van der Waals surface area contributed by atoms with Crippen LogP contribution in [-0.4, -0.2) is 28.0 Å². The van der Waals surface area contributed by atoms with Gasteiger partial charge in [0.2, 0.25) is 11.6 Å². The lowest BCUT2D eigenvalue weighted by Gasteiger charge is -2.27. The van der Waals surface area contributed by atoms with Crippen LogP contribution in [0.3, 0.4) is 0 Å². The smallest absolute Gasteiger partial charge is 0.351 e. The topological polar surface area (TPSA) is 84.2 Å². The molecule has 1 fully saturated rings. The van der Waals surface area contributed by atoms with Crippen LogP contribution >= 0.6 is 15.9 Å². The Hall–Kier alpha value is -2.22. The van der Waals surface area contributed by atoms with E-state index in [0.717, 1.165) is 42.5 Å². The van der Waals surface area contributed by atoms with E-state index in [-0.39, 0.29) is 11.5 Å². The normalized spacial score (nSPS) is 14.6. The minimum atomic E-state index is -0.414. The molecule has 1 aromatic carbocycles. The summed E-state index contributed by atoms with van der Waals surface area (Å²) in [6, 6.07) is 7.42. The summed E-state index contributed by atoms with van der Waals surface area (Å²) in [5, 5.41) is 14.6. The van der Waals surface area contributed by atoms with E-state index in [0.29, 0.717) is 5.82 Å². The number of anilines is 3. The summed E-state index contributed by atoms with van der Waals surface area (Å²) in [5.74, 6) is 0.594. The van der Waals surface area contributed by atoms with Gasteiger partial charge >= 0.3 is 5.69 Å². The van der Waals surface area contributed by atoms with E-state index in [9.17, 15) is 10.1 Å². The van der Waals surface area contributed by atoms with Gasteiger partial charge < -0.3 is 10.2 Å². The molecule has 3 rings (SSSR count). The van der Waals surface area contributed by atoms with Crippen molar-refractivity contribution < 1.29 is 4.92 Å². The fourth-order valence-corrected chi connectivity index (χ4v) is 3.04. The number of nitrogens with zero attached hydrogens (tertiary/aromatic N) is 4. The number of nitrogens with one attached hydrogen (secondary N) is 1. The highest BCUT2D eigenvalue weighted by atomic mass is 79.9. The number of nitro groups is 1. The van der Waals surface area contributed by atoms with Crippen LogP contribution in [0, 0.1) is 10.1 Å². The number of para-hydroxylation sites is 1. The summed E-state index contributed by atoms with van der Waals surface area (Å²) in [6.07, 6.45) is 4.57. The maximum Gasteiger partial charge on any atom is 0.353 e. The van der Waals surface area contributed by atoms with Gasteiger partial charge in [-0.25, -0.2) is 9.97 Å². The molecule has 23 heavy (non-hydrogen) atoms. The number of hydrogen-bond donors (Lipinski definition) is 1. The lowest BCUT2D eigenvalue weighted by Crippen LogP contribution is -2.31. The molecule has 0 radical (unpaired) electrons. The highest BCUT2D eigenvalue weighted by molar-refractivity contribution is 9.10. The molecule has 0 unspecified atom stereocenters. The number of rotatable bonds is 4. The van der Waals surface area contributed by atoms with Gasteiger partial charge in [0.25, 0.3) is 0 Å². The lowest BCUT2D eigenvalue weighted by atomic mass is 10.1. The maximum absolute atomic E-state index is 11.6. The molecule has 1 saturated heterocycles. The largest absolute Gasteiger partial charge is 0.353 e. The van der Waals surface area contributed by atoms with E-state index < -0.39 is 4.92 Å². The molecule has 8 heteroatoms. The Balaban J connectivity index is 2.00. The third-order valence-electron chi connectivity index (χ3n) is 3.77. The summed E-state index contributed by atoms with van der Waals surface area (Å²) in [6.45, 7) is 1.57. The SMILES string of the molecule is O=[N+]([O-])c1c(Nc2ccccc2Br)ncnc1N1CCCCC1. The van der Waals surface area contributed by atoms with Crippen molar-refractivity contribution in [1.29, 1.82) is 0 Å².